The highest BCUT2D eigenvalue weighted by Crippen LogP contribution is 2.57. The molecule has 0 aromatic heterocycles. The molecule has 0 radical (unpaired) electrons. The van der Waals surface area contributed by atoms with Gasteiger partial charge in [-0.05, 0) is 209 Å². The number of guanidine groups is 6. The molecule has 6 rings (SSSR count). The summed E-state index contributed by atoms with van der Waals surface area (Å²) in [5.41, 5.74) is 44.4. The zero-order chi connectivity index (χ0) is 106. The fourth-order valence-electron chi connectivity index (χ4n) is 15.4. The Morgan fingerprint density at radius 1 is 0.361 bits per heavy atom. The number of carboxylic acid groups (broad SMARTS) is 1. The molecule has 2 heterocycles. The Kier molecular flexibility index (Phi) is 47.9. The van der Waals surface area contributed by atoms with E-state index < -0.39 is 210 Å². The number of phenolic OH excluding ortho intramolecular Hbond substituents is 3. The smallest absolute Gasteiger partial charge is 0.340 e. The van der Waals surface area contributed by atoms with E-state index >= 15 is 14.4 Å². The number of esters is 1. The van der Waals surface area contributed by atoms with Crippen molar-refractivity contribution in [2.24, 2.45) is 45.9 Å². The number of primary amides is 1. The summed E-state index contributed by atoms with van der Waals surface area (Å²) in [4.78, 5) is 215. The van der Waals surface area contributed by atoms with Crippen molar-refractivity contribution in [3.63, 3.8) is 0 Å². The van der Waals surface area contributed by atoms with Gasteiger partial charge in [0.2, 0.25) is 70.9 Å². The highest BCUT2D eigenvalue weighted by Gasteiger charge is 2.54. The zero-order valence-corrected chi connectivity index (χ0v) is 80.2. The van der Waals surface area contributed by atoms with Crippen molar-refractivity contribution in [3.8, 4) is 28.7 Å². The van der Waals surface area contributed by atoms with Crippen LogP contribution in [0.3, 0.4) is 0 Å². The molecule has 0 saturated heterocycles. The van der Waals surface area contributed by atoms with E-state index in [0.717, 1.165) is 0 Å². The Bertz CT molecular complexity index is 5150. The van der Waals surface area contributed by atoms with Crippen molar-refractivity contribution in [2.45, 2.75) is 207 Å². The van der Waals surface area contributed by atoms with Gasteiger partial charge in [0.25, 0.3) is 5.91 Å². The van der Waals surface area contributed by atoms with Crippen molar-refractivity contribution in [1.82, 2.24) is 101 Å². The number of carbonyl (C=O) groups is 15. The van der Waals surface area contributed by atoms with Crippen LogP contribution >= 0.6 is 0 Å². The maximum absolute atomic E-state index is 15.2. The second-order valence-electron chi connectivity index (χ2n) is 34.4. The second kappa shape index (κ2) is 59.3. The number of amides is 13. The van der Waals surface area contributed by atoms with Gasteiger partial charge in [0.15, 0.2) is 41.4 Å². The Hall–Kier alpha value is -16.3. The Labute approximate surface area is 829 Å². The van der Waals surface area contributed by atoms with Crippen LogP contribution in [0.25, 0.3) is 0 Å². The number of nitrogens with zero attached hydrogens (tertiary/aromatic N) is 1. The number of rotatable bonds is 64. The summed E-state index contributed by atoms with van der Waals surface area (Å²) >= 11 is 0. The number of ether oxygens (including phenoxy) is 2. The molecule has 44 N–H and O–H groups in total. The average molecular weight is 2020 g/mol. The fourth-order valence-corrected chi connectivity index (χ4v) is 15.4. The largest absolute Gasteiger partial charge is 0.508 e. The van der Waals surface area contributed by atoms with Crippen LogP contribution in [-0.4, -0.2) is 290 Å². The lowest BCUT2D eigenvalue weighted by Crippen LogP contribution is -2.60. The molecule has 0 saturated carbocycles. The highest BCUT2D eigenvalue weighted by molar-refractivity contribution is 6.03. The summed E-state index contributed by atoms with van der Waals surface area (Å²) < 4.78 is 12.2. The summed E-state index contributed by atoms with van der Waals surface area (Å²) in [6.07, 6.45) is -2.16. The Balaban J connectivity index is 1.23. The van der Waals surface area contributed by atoms with Gasteiger partial charge < -0.3 is 176 Å². The molecular formula is C90H137N33O21. The lowest BCUT2D eigenvalue weighted by Gasteiger charge is -2.36. The van der Waals surface area contributed by atoms with Crippen molar-refractivity contribution in [1.29, 1.82) is 32.5 Å². The first-order valence-electron chi connectivity index (χ1n) is 46.8. The number of nitrogens with one attached hydrogen (secondary N) is 24. The molecule has 0 aliphatic carbocycles. The lowest BCUT2D eigenvalue weighted by molar-refractivity contribution is -0.142. The fraction of sp³-hybridized carbons (Fsp3) is 0.500. The van der Waals surface area contributed by atoms with E-state index in [0.29, 0.717) is 36.1 Å². The van der Waals surface area contributed by atoms with Gasteiger partial charge in [-0.15, -0.1) is 0 Å². The van der Waals surface area contributed by atoms with Gasteiger partial charge in [-0.2, -0.15) is 0 Å². The van der Waals surface area contributed by atoms with E-state index in [2.05, 4.69) is 95.7 Å². The summed E-state index contributed by atoms with van der Waals surface area (Å²) in [7, 11) is 3.60. The van der Waals surface area contributed by atoms with Crippen molar-refractivity contribution >= 4 is 124 Å². The van der Waals surface area contributed by atoms with Crippen LogP contribution in [0.2, 0.25) is 0 Å². The van der Waals surface area contributed by atoms with Crippen molar-refractivity contribution in [3.05, 3.63) is 112 Å². The number of aliphatic carboxylic acids is 1. The van der Waals surface area contributed by atoms with E-state index in [9.17, 15) is 78.0 Å². The van der Waals surface area contributed by atoms with Crippen molar-refractivity contribution < 1.29 is 102 Å². The van der Waals surface area contributed by atoms with Gasteiger partial charge in [-0.3, -0.25) is 94.8 Å². The molecule has 2 aliphatic heterocycles. The van der Waals surface area contributed by atoms with Gasteiger partial charge in [-0.25, -0.2) is 9.59 Å². The number of carboxylic acids is 1. The third-order valence-corrected chi connectivity index (χ3v) is 22.7. The van der Waals surface area contributed by atoms with Gasteiger partial charge in [0.05, 0.1) is 12.1 Å². The molecule has 54 heteroatoms. The SMILES string of the molecule is CN(C)CCCC[C@H](NC(=O)[C@H](CCCCN)NC(=O)[C@H](CCCNC(=N)N)NC(=O)CNC(=O)[C@H](Cc1ccc(O)cc1)NC(=O)CCNC(=O)c1ccc2c(c1)C1(OC2=O)c2ccc(O)cc2Oc2cc(O)ccc21)C(=O)N[C@@H](CCCNC(=N)N)C(=O)N[C@@H](CCCNC(=N)N)C(=O)N[C@@H](CCC(N)=O)C(=O)N[C@@H](CCCNC(=N)N)C(=O)N[C@@H](CCCNC(=N)N)C(=O)N[C@@H](CCCNC(=N)N)C(=O)O. The van der Waals surface area contributed by atoms with Crippen LogP contribution in [0.4, 0.5) is 0 Å². The first kappa shape index (κ1) is 116. The summed E-state index contributed by atoms with van der Waals surface area (Å²) in [5.74, 6) is -17.6. The van der Waals surface area contributed by atoms with Gasteiger partial charge in [0, 0.05) is 99.5 Å². The predicted octanol–water partition coefficient (Wildman–Crippen LogP) is -6.51. The standard InChI is InChI=1S/C90H137N33O21/c1-123(2)42-6-4-14-59(76(134)117-60(16-8-36-107-85(95)96)77(135)118-62(18-10-38-109-87(99)100)79(137)121-64(31-32-69(92)127)81(139)120-61(17-9-37-108-86(97)98)78(136)119-63(19-11-39-110-88(101)102)80(138)122-65(82(140)141)20-12-40-111-89(103)104)116-75(133)58(13-3-5-34-91)115-74(132)57(15-7-35-106-84(93)94)113-71(129)47-112-73(131)66(43-48-21-24-50(124)25-22-48)114-70(128)33-41-105-72(130)49-23-28-53-56(44-49)90(144-83(53)142)54-29-26-51(125)45-67(54)143-68-46-52(126)27-30-55(68)90/h21-30,44-46,57-66,124-126H,3-20,31-43,47,91H2,1-2H3,(H2,92,127)(H,105,130)(H,112,131)(H,113,129)(H,114,128)(H,115,132)(H,116,133)(H,117,134)(H,118,135)(H,119,136)(H,120,139)(H,121,137)(H,122,138)(H,140,141)(H4,93,94,106)(H4,95,96,107)(H4,97,98,108)(H4,99,100,109)(H4,101,102,110)(H4,103,104,111)/t57-,58-,59-,60-,61-,62-,63-,64-,65-,66-/m0/s1. The molecule has 0 fully saturated rings. The minimum Gasteiger partial charge on any atom is -0.508 e. The van der Waals surface area contributed by atoms with Crippen LogP contribution in [-0.2, 0) is 79.1 Å². The van der Waals surface area contributed by atoms with Crippen LogP contribution in [0.1, 0.15) is 178 Å². The molecule has 4 aromatic carbocycles. The molecule has 788 valence electrons. The van der Waals surface area contributed by atoms with Crippen LogP contribution in [0.5, 0.6) is 28.7 Å². The zero-order valence-electron chi connectivity index (χ0n) is 80.2. The molecule has 0 unspecified atom stereocenters. The number of nitrogens with two attached hydrogens (primary N) is 8. The number of carbonyl (C=O) groups excluding carboxylic acids is 14. The number of hydrogen-bond acceptors (Lipinski definition) is 28. The second-order valence-corrected chi connectivity index (χ2v) is 34.4. The Morgan fingerprint density at radius 2 is 0.708 bits per heavy atom. The number of aromatic hydroxyl groups is 3. The number of phenols is 3. The van der Waals surface area contributed by atoms with Crippen molar-refractivity contribution in [2.75, 3.05) is 79.5 Å². The van der Waals surface area contributed by atoms with E-state index in [1.54, 1.807) is 14.1 Å². The van der Waals surface area contributed by atoms with E-state index in [1.807, 2.05) is 4.90 Å². The van der Waals surface area contributed by atoms with E-state index in [1.165, 1.54) is 78.9 Å². The minimum absolute atomic E-state index is 0.00375. The highest BCUT2D eigenvalue weighted by atomic mass is 16.6. The topological polar surface area (TPSA) is 926 Å². The van der Waals surface area contributed by atoms with Crippen LogP contribution in [0.15, 0.2) is 78.9 Å². The van der Waals surface area contributed by atoms with Crippen LogP contribution in [0, 0.1) is 32.5 Å². The molecule has 13 amide bonds. The quantitative estimate of drug-likeness (QED) is 0.00846. The predicted molar refractivity (Wildman–Crippen MR) is 525 cm³/mol. The van der Waals surface area contributed by atoms with Crippen LogP contribution < -0.4 is 146 Å². The number of hydrogen-bond donors (Lipinski definition) is 36. The van der Waals surface area contributed by atoms with E-state index in [4.69, 9.17) is 87.8 Å². The third-order valence-electron chi connectivity index (χ3n) is 22.7. The van der Waals surface area contributed by atoms with Gasteiger partial charge in [0.1, 0.15) is 89.2 Å². The molecule has 2 aliphatic rings. The maximum Gasteiger partial charge on any atom is 0.340 e. The molecule has 54 nitrogen and oxygen atoms in total. The molecule has 1 spiro atoms. The normalized spacial score (nSPS) is 13.8. The first-order chi connectivity index (χ1) is 68.4. The number of fused-ring (bicyclic) bond motifs is 6. The molecule has 10 atom stereocenters. The molecular weight excluding hydrogens is 1880 g/mol. The summed E-state index contributed by atoms with van der Waals surface area (Å²) in [6.45, 7) is -0.687. The number of benzene rings is 4. The molecule has 0 bridgehead atoms. The van der Waals surface area contributed by atoms with Gasteiger partial charge >= 0.3 is 11.9 Å². The lowest BCUT2D eigenvalue weighted by atomic mass is 9.77. The maximum atomic E-state index is 15.2. The number of unbranched alkanes of at least 4 members (excludes halogenated alkanes) is 2. The average Bonchev–Trinajstić information content (AvgIpc) is 1.52. The molecule has 4 aromatic rings. The first-order valence-corrected chi connectivity index (χ1v) is 46.8. The minimum atomic E-state index is -1.78. The third kappa shape index (κ3) is 39.8. The van der Waals surface area contributed by atoms with E-state index in [-0.39, 0.29) is 213 Å². The molecule has 144 heavy (non-hydrogen) atoms. The Morgan fingerprint density at radius 3 is 1.08 bits per heavy atom. The summed E-state index contributed by atoms with van der Waals surface area (Å²) in [6, 6.07) is 2.39. The monoisotopic (exact) mass is 2020 g/mol. The van der Waals surface area contributed by atoms with Gasteiger partial charge in [-0.1, -0.05) is 12.1 Å². The summed E-state index contributed by atoms with van der Waals surface area (Å²) in [5, 5.41) is 134.